The first-order valence-electron chi connectivity index (χ1n) is 8.50. The first kappa shape index (κ1) is 13.6. The minimum atomic E-state index is 0.620. The molecule has 2 aliphatic carbocycles. The number of nitrogens with one attached hydrogen (secondary N) is 1. The summed E-state index contributed by atoms with van der Waals surface area (Å²) >= 11 is 6.08. The van der Waals surface area contributed by atoms with Gasteiger partial charge in [-0.3, -0.25) is 0 Å². The molecule has 3 heteroatoms. The number of hydrogen-bond acceptors (Lipinski definition) is 1. The highest BCUT2D eigenvalue weighted by atomic mass is 35.5. The van der Waals surface area contributed by atoms with Crippen molar-refractivity contribution in [2.45, 2.75) is 31.1 Å². The highest BCUT2D eigenvalue weighted by Crippen LogP contribution is 2.63. The van der Waals surface area contributed by atoms with Gasteiger partial charge in [0.2, 0.25) is 0 Å². The molecule has 2 fully saturated rings. The molecule has 0 bridgehead atoms. The Labute approximate surface area is 140 Å². The van der Waals surface area contributed by atoms with Gasteiger partial charge in [-0.05, 0) is 60.8 Å². The van der Waals surface area contributed by atoms with Gasteiger partial charge in [0.1, 0.15) is 5.82 Å². The number of H-pyrrole nitrogens is 1. The Hall–Kier alpha value is -1.80. The van der Waals surface area contributed by atoms with Crippen molar-refractivity contribution in [3.8, 4) is 0 Å². The number of aromatic nitrogens is 2. The average Bonchev–Trinajstić information content (AvgIpc) is 3.16. The maximum Gasteiger partial charge on any atom is 0.110 e. The lowest BCUT2D eigenvalue weighted by atomic mass is 9.84. The van der Waals surface area contributed by atoms with Crippen molar-refractivity contribution in [3.63, 3.8) is 0 Å². The second kappa shape index (κ2) is 5.10. The molecule has 2 nitrogen and oxygen atoms in total. The van der Waals surface area contributed by atoms with E-state index in [1.807, 2.05) is 18.2 Å². The van der Waals surface area contributed by atoms with Gasteiger partial charge in [0.25, 0.3) is 0 Å². The van der Waals surface area contributed by atoms with Gasteiger partial charge >= 0.3 is 0 Å². The average molecular weight is 323 g/mol. The van der Waals surface area contributed by atoms with Gasteiger partial charge in [-0.15, -0.1) is 0 Å². The van der Waals surface area contributed by atoms with Crippen LogP contribution < -0.4 is 0 Å². The molecular formula is C20H19ClN2. The Morgan fingerprint density at radius 3 is 2.74 bits per heavy atom. The van der Waals surface area contributed by atoms with E-state index >= 15 is 0 Å². The fourth-order valence-electron chi connectivity index (χ4n) is 4.59. The van der Waals surface area contributed by atoms with Crippen LogP contribution in [0, 0.1) is 11.8 Å². The maximum atomic E-state index is 6.08. The summed E-state index contributed by atoms with van der Waals surface area (Å²) in [6, 6.07) is 16.9. The van der Waals surface area contributed by atoms with Gasteiger partial charge in [-0.1, -0.05) is 41.9 Å². The van der Waals surface area contributed by atoms with E-state index in [9.17, 15) is 0 Å². The van der Waals surface area contributed by atoms with E-state index in [4.69, 9.17) is 16.6 Å². The van der Waals surface area contributed by atoms with Crippen molar-refractivity contribution in [2.24, 2.45) is 11.8 Å². The summed E-state index contributed by atoms with van der Waals surface area (Å²) in [6.07, 6.45) is 3.94. The Morgan fingerprint density at radius 2 is 1.87 bits per heavy atom. The minimum Gasteiger partial charge on any atom is -0.342 e. The summed E-state index contributed by atoms with van der Waals surface area (Å²) < 4.78 is 0. The Balaban J connectivity index is 1.39. The molecular weight excluding hydrogens is 304 g/mol. The minimum absolute atomic E-state index is 0.620. The number of aromatic amines is 1. The molecule has 2 aliphatic rings. The Kier molecular flexibility index (Phi) is 3.02. The van der Waals surface area contributed by atoms with Crippen LogP contribution in [0.3, 0.4) is 0 Å². The zero-order valence-electron chi connectivity index (χ0n) is 12.9. The number of rotatable bonds is 2. The Bertz CT molecular complexity index is 854. The van der Waals surface area contributed by atoms with Crippen LogP contribution in [0.15, 0.2) is 48.5 Å². The number of benzene rings is 2. The third-order valence-corrected chi connectivity index (χ3v) is 6.02. The lowest BCUT2D eigenvalue weighted by Crippen LogP contribution is -2.06. The van der Waals surface area contributed by atoms with Crippen molar-refractivity contribution in [3.05, 3.63) is 64.9 Å². The summed E-state index contributed by atoms with van der Waals surface area (Å²) in [6.45, 7) is 0. The maximum absolute atomic E-state index is 6.08. The third kappa shape index (κ3) is 2.28. The number of nitrogens with zero attached hydrogens (tertiary/aromatic N) is 1. The molecule has 1 aromatic heterocycles. The van der Waals surface area contributed by atoms with Crippen LogP contribution in [0.25, 0.3) is 11.0 Å². The van der Waals surface area contributed by atoms with Crippen molar-refractivity contribution < 1.29 is 0 Å². The summed E-state index contributed by atoms with van der Waals surface area (Å²) in [5.41, 5.74) is 3.61. The molecule has 3 aromatic rings. The molecule has 2 saturated carbocycles. The zero-order valence-corrected chi connectivity index (χ0v) is 13.6. The zero-order chi connectivity index (χ0) is 15.4. The largest absolute Gasteiger partial charge is 0.342 e. The molecule has 0 saturated heterocycles. The highest BCUT2D eigenvalue weighted by Gasteiger charge is 2.54. The van der Waals surface area contributed by atoms with Crippen LogP contribution in [0.4, 0.5) is 0 Å². The second-order valence-electron chi connectivity index (χ2n) is 7.06. The lowest BCUT2D eigenvalue weighted by Gasteiger charge is -2.21. The quantitative estimate of drug-likeness (QED) is 0.661. The smallest absolute Gasteiger partial charge is 0.110 e. The van der Waals surface area contributed by atoms with Crippen molar-refractivity contribution in [1.82, 2.24) is 9.97 Å². The lowest BCUT2D eigenvalue weighted by molar-refractivity contribution is 0.423. The number of halogens is 1. The molecule has 0 spiro atoms. The molecule has 1 heterocycles. The van der Waals surface area contributed by atoms with Crippen LogP contribution in [-0.2, 0) is 0 Å². The first-order chi connectivity index (χ1) is 11.3. The molecule has 4 atom stereocenters. The molecule has 0 amide bonds. The number of fused-ring (bicyclic) bond motifs is 2. The third-order valence-electron chi connectivity index (χ3n) is 5.79. The van der Waals surface area contributed by atoms with E-state index in [0.717, 1.165) is 33.8 Å². The molecule has 5 rings (SSSR count). The van der Waals surface area contributed by atoms with Crippen molar-refractivity contribution >= 4 is 22.6 Å². The fraction of sp³-hybridized carbons (Fsp3) is 0.350. The summed E-state index contributed by atoms with van der Waals surface area (Å²) in [4.78, 5) is 8.34. The monoisotopic (exact) mass is 322 g/mol. The molecule has 1 N–H and O–H groups in total. The molecule has 4 unspecified atom stereocenters. The topological polar surface area (TPSA) is 28.7 Å². The van der Waals surface area contributed by atoms with E-state index in [0.29, 0.717) is 5.92 Å². The van der Waals surface area contributed by atoms with E-state index in [-0.39, 0.29) is 0 Å². The van der Waals surface area contributed by atoms with Crippen molar-refractivity contribution in [2.75, 3.05) is 0 Å². The predicted octanol–water partition coefficient (Wildman–Crippen LogP) is 5.51. The highest BCUT2D eigenvalue weighted by molar-refractivity contribution is 6.31. The SMILES string of the molecule is Clc1ccc2nc(C3C4CCC(c5ccccc5)CC43)[nH]c2c1. The molecule has 0 radical (unpaired) electrons. The fourth-order valence-corrected chi connectivity index (χ4v) is 4.77. The van der Waals surface area contributed by atoms with Gasteiger partial charge in [0.05, 0.1) is 11.0 Å². The molecule has 2 aromatic carbocycles. The van der Waals surface area contributed by atoms with Crippen LogP contribution in [0.5, 0.6) is 0 Å². The summed E-state index contributed by atoms with van der Waals surface area (Å²) in [7, 11) is 0. The second-order valence-corrected chi connectivity index (χ2v) is 7.49. The Morgan fingerprint density at radius 1 is 1.00 bits per heavy atom. The molecule has 0 aliphatic heterocycles. The van der Waals surface area contributed by atoms with Gasteiger partial charge in [-0.25, -0.2) is 4.98 Å². The predicted molar refractivity (Wildman–Crippen MR) is 93.9 cm³/mol. The van der Waals surface area contributed by atoms with E-state index in [1.54, 1.807) is 0 Å². The van der Waals surface area contributed by atoms with Crippen LogP contribution in [0.2, 0.25) is 5.02 Å². The van der Waals surface area contributed by atoms with Crippen LogP contribution in [0.1, 0.15) is 42.5 Å². The van der Waals surface area contributed by atoms with Gasteiger partial charge in [0.15, 0.2) is 0 Å². The van der Waals surface area contributed by atoms with Gasteiger partial charge in [-0.2, -0.15) is 0 Å². The molecule has 23 heavy (non-hydrogen) atoms. The van der Waals surface area contributed by atoms with Crippen LogP contribution >= 0.6 is 11.6 Å². The van der Waals surface area contributed by atoms with Crippen molar-refractivity contribution in [1.29, 1.82) is 0 Å². The molecule has 116 valence electrons. The van der Waals surface area contributed by atoms with E-state index in [1.165, 1.54) is 30.7 Å². The standard InChI is InChI=1S/C20H19ClN2/c21-14-7-9-17-18(11-14)23-20(22-17)19-15-8-6-13(10-16(15)19)12-4-2-1-3-5-12/h1-5,7,9,11,13,15-16,19H,6,8,10H2,(H,22,23). The first-order valence-corrected chi connectivity index (χ1v) is 8.87. The normalized spacial score (nSPS) is 29.4. The number of imidazole rings is 1. The van der Waals surface area contributed by atoms with E-state index in [2.05, 4.69) is 35.3 Å². The van der Waals surface area contributed by atoms with Crippen LogP contribution in [-0.4, -0.2) is 9.97 Å². The van der Waals surface area contributed by atoms with E-state index < -0.39 is 0 Å². The van der Waals surface area contributed by atoms with Gasteiger partial charge < -0.3 is 4.98 Å². The summed E-state index contributed by atoms with van der Waals surface area (Å²) in [5, 5.41) is 0.769. The number of hydrogen-bond donors (Lipinski definition) is 1. The van der Waals surface area contributed by atoms with Gasteiger partial charge in [0, 0.05) is 10.9 Å². The summed E-state index contributed by atoms with van der Waals surface area (Å²) in [5.74, 6) is 4.14.